The fourth-order valence-corrected chi connectivity index (χ4v) is 5.60. The van der Waals surface area contributed by atoms with Crippen LogP contribution in [0.15, 0.2) is 60.7 Å². The van der Waals surface area contributed by atoms with E-state index < -0.39 is 18.3 Å². The maximum absolute atomic E-state index is 13.6. The summed E-state index contributed by atoms with van der Waals surface area (Å²) in [7, 11) is 6.45. The summed E-state index contributed by atoms with van der Waals surface area (Å²) < 4.78 is 32.6. The van der Waals surface area contributed by atoms with Gasteiger partial charge in [-0.1, -0.05) is 24.3 Å². The molecule has 0 saturated carbocycles. The van der Waals surface area contributed by atoms with Crippen molar-refractivity contribution >= 4 is 12.1 Å². The molecule has 3 aromatic carbocycles. The summed E-state index contributed by atoms with van der Waals surface area (Å²) in [6.45, 7) is 0.895. The van der Waals surface area contributed by atoms with Gasteiger partial charge in [0.1, 0.15) is 11.9 Å². The van der Waals surface area contributed by atoms with Crippen molar-refractivity contribution in [1.29, 1.82) is 0 Å². The number of rotatable bonds is 10. The number of hydrogen-bond acceptors (Lipinski definition) is 9. The predicted molar refractivity (Wildman–Crippen MR) is 152 cm³/mol. The van der Waals surface area contributed by atoms with Gasteiger partial charge in [0.15, 0.2) is 23.0 Å². The van der Waals surface area contributed by atoms with Crippen LogP contribution in [0.3, 0.4) is 0 Å². The summed E-state index contributed by atoms with van der Waals surface area (Å²) in [5.41, 5.74) is 2.51. The molecule has 0 bridgehead atoms. The van der Waals surface area contributed by atoms with Crippen LogP contribution in [0.5, 0.6) is 28.7 Å². The van der Waals surface area contributed by atoms with E-state index in [1.54, 1.807) is 39.3 Å². The molecule has 2 aliphatic heterocycles. The third kappa shape index (κ3) is 6.01. The number of carbonyl (C=O) groups excluding carboxylic acids is 1. The second-order valence-corrected chi connectivity index (χ2v) is 10.2. The fourth-order valence-electron chi connectivity index (χ4n) is 5.60. The Hall–Kier alpha value is -4.64. The summed E-state index contributed by atoms with van der Waals surface area (Å²) in [6, 6.07) is 17.9. The molecule has 0 spiro atoms. The van der Waals surface area contributed by atoms with Crippen molar-refractivity contribution in [3.8, 4) is 28.7 Å². The summed E-state index contributed by atoms with van der Waals surface area (Å²) in [4.78, 5) is 29.1. The number of ether oxygens (including phenoxy) is 6. The van der Waals surface area contributed by atoms with Gasteiger partial charge < -0.3 is 38.4 Å². The normalized spacial score (nSPS) is 19.3. The molecule has 3 atom stereocenters. The van der Waals surface area contributed by atoms with E-state index in [2.05, 4.69) is 0 Å². The molecule has 3 aromatic rings. The zero-order valence-corrected chi connectivity index (χ0v) is 23.9. The molecule has 11 heteroatoms. The van der Waals surface area contributed by atoms with Gasteiger partial charge in [-0.2, -0.15) is 0 Å². The Morgan fingerprint density at radius 1 is 0.905 bits per heavy atom. The van der Waals surface area contributed by atoms with Gasteiger partial charge in [0.25, 0.3) is 0 Å². The highest BCUT2D eigenvalue weighted by Crippen LogP contribution is 2.45. The van der Waals surface area contributed by atoms with Crippen LogP contribution < -0.4 is 23.7 Å². The Balaban J connectivity index is 1.43. The lowest BCUT2D eigenvalue weighted by Crippen LogP contribution is -2.39. The van der Waals surface area contributed by atoms with Crippen LogP contribution in [-0.2, 0) is 16.1 Å². The molecule has 2 aliphatic rings. The second-order valence-electron chi connectivity index (χ2n) is 10.2. The molecule has 222 valence electrons. The quantitative estimate of drug-likeness (QED) is 0.349. The summed E-state index contributed by atoms with van der Waals surface area (Å²) in [5, 5.41) is 9.74. The number of likely N-dealkylation sites (N-methyl/N-ethyl adjacent to an activating group) is 1. The van der Waals surface area contributed by atoms with Crippen molar-refractivity contribution < 1.29 is 43.1 Å². The second kappa shape index (κ2) is 12.5. The molecule has 5 rings (SSSR count). The van der Waals surface area contributed by atoms with Crippen LogP contribution in [0.25, 0.3) is 0 Å². The number of methoxy groups -OCH3 is 3. The molecule has 42 heavy (non-hydrogen) atoms. The summed E-state index contributed by atoms with van der Waals surface area (Å²) >= 11 is 0. The van der Waals surface area contributed by atoms with E-state index in [1.165, 1.54) is 0 Å². The van der Waals surface area contributed by atoms with Gasteiger partial charge in [-0.25, -0.2) is 4.79 Å². The molecule has 1 N–H and O–H groups in total. The first-order valence-corrected chi connectivity index (χ1v) is 13.4. The topological polar surface area (TPSA) is 116 Å². The molecule has 1 saturated heterocycles. The van der Waals surface area contributed by atoms with Crippen LogP contribution in [0.4, 0.5) is 4.79 Å². The van der Waals surface area contributed by atoms with E-state index in [-0.39, 0.29) is 25.2 Å². The lowest BCUT2D eigenvalue weighted by atomic mass is 9.90. The summed E-state index contributed by atoms with van der Waals surface area (Å²) in [6.07, 6.45) is -2.18. The third-order valence-electron chi connectivity index (χ3n) is 7.68. The molecule has 0 aromatic heterocycles. The van der Waals surface area contributed by atoms with Crippen LogP contribution >= 0.6 is 0 Å². The van der Waals surface area contributed by atoms with Crippen LogP contribution in [0.1, 0.15) is 28.7 Å². The van der Waals surface area contributed by atoms with E-state index in [9.17, 15) is 14.7 Å². The SMILES string of the molecule is COc1ccc([C@@H]2[C@@H](OC(=O)O)[C@@H](c3ccc4c(c3)OCO4)CN2CC(=O)N(C)Cc2ccc(OC)c(OC)c2)cc1. The standard InChI is InChI=1S/C31H34N2O9/c1-32(15-19-5-11-24(38-3)26(13-19)39-4)28(34)17-33-16-23(21-8-12-25-27(14-21)41-18-40-25)30(42-31(35)36)29(33)20-6-9-22(37-2)10-7-20/h5-14,23,29-30H,15-18H2,1-4H3,(H,35,36)/t23-,29-,30+/m1/s1. The van der Waals surface area contributed by atoms with Gasteiger partial charge in [-0.3, -0.25) is 9.69 Å². The maximum Gasteiger partial charge on any atom is 0.506 e. The van der Waals surface area contributed by atoms with Gasteiger partial charge in [-0.15, -0.1) is 0 Å². The van der Waals surface area contributed by atoms with Crippen molar-refractivity contribution in [2.24, 2.45) is 0 Å². The first kappa shape index (κ1) is 28.9. The minimum Gasteiger partial charge on any atom is -0.497 e. The molecular formula is C31H34N2O9. The Morgan fingerprint density at radius 2 is 1.62 bits per heavy atom. The largest absolute Gasteiger partial charge is 0.506 e. The molecule has 0 unspecified atom stereocenters. The van der Waals surface area contributed by atoms with Gasteiger partial charge >= 0.3 is 6.16 Å². The van der Waals surface area contributed by atoms with Gasteiger partial charge in [-0.05, 0) is 53.1 Å². The summed E-state index contributed by atoms with van der Waals surface area (Å²) in [5.74, 6) is 2.56. The number of nitrogens with zero attached hydrogens (tertiary/aromatic N) is 2. The van der Waals surface area contributed by atoms with Crippen molar-refractivity contribution in [2.45, 2.75) is 24.6 Å². The van der Waals surface area contributed by atoms with E-state index in [0.717, 1.165) is 16.7 Å². The minimum absolute atomic E-state index is 0.0427. The number of carbonyl (C=O) groups is 2. The number of hydrogen-bond donors (Lipinski definition) is 1. The van der Waals surface area contributed by atoms with Crippen molar-refractivity contribution in [2.75, 3.05) is 48.3 Å². The Morgan fingerprint density at radius 3 is 2.31 bits per heavy atom. The molecule has 0 aliphatic carbocycles. The highest BCUT2D eigenvalue weighted by molar-refractivity contribution is 5.78. The van der Waals surface area contributed by atoms with Crippen molar-refractivity contribution in [3.63, 3.8) is 0 Å². The van der Waals surface area contributed by atoms with Crippen molar-refractivity contribution in [3.05, 3.63) is 77.4 Å². The first-order chi connectivity index (χ1) is 20.3. The van der Waals surface area contributed by atoms with E-state index in [4.69, 9.17) is 28.4 Å². The Kier molecular flexibility index (Phi) is 8.58. The monoisotopic (exact) mass is 578 g/mol. The molecule has 11 nitrogen and oxygen atoms in total. The highest BCUT2D eigenvalue weighted by atomic mass is 16.7. The van der Waals surface area contributed by atoms with E-state index in [0.29, 0.717) is 41.8 Å². The number of likely N-dealkylation sites (tertiary alicyclic amines) is 1. The number of benzene rings is 3. The van der Waals surface area contributed by atoms with Crippen LogP contribution in [0.2, 0.25) is 0 Å². The lowest BCUT2D eigenvalue weighted by Gasteiger charge is -2.29. The van der Waals surface area contributed by atoms with Gasteiger partial charge in [0.05, 0.1) is 33.9 Å². The maximum atomic E-state index is 13.6. The van der Waals surface area contributed by atoms with E-state index >= 15 is 0 Å². The molecule has 0 radical (unpaired) electrons. The van der Waals surface area contributed by atoms with Crippen LogP contribution in [0, 0.1) is 0 Å². The first-order valence-electron chi connectivity index (χ1n) is 13.4. The molecule has 1 fully saturated rings. The Labute approximate surface area is 244 Å². The fraction of sp³-hybridized carbons (Fsp3) is 0.355. The zero-order valence-electron chi connectivity index (χ0n) is 23.9. The smallest absolute Gasteiger partial charge is 0.497 e. The third-order valence-corrected chi connectivity index (χ3v) is 7.68. The number of carboxylic acid groups (broad SMARTS) is 1. The Bertz CT molecular complexity index is 1430. The van der Waals surface area contributed by atoms with E-state index in [1.807, 2.05) is 59.5 Å². The minimum atomic E-state index is -1.39. The zero-order chi connectivity index (χ0) is 29.8. The molecular weight excluding hydrogens is 544 g/mol. The molecule has 1 amide bonds. The average molecular weight is 579 g/mol. The van der Waals surface area contributed by atoms with Gasteiger partial charge in [0, 0.05) is 26.1 Å². The van der Waals surface area contributed by atoms with Crippen molar-refractivity contribution in [1.82, 2.24) is 9.80 Å². The highest BCUT2D eigenvalue weighted by Gasteiger charge is 2.47. The predicted octanol–water partition coefficient (Wildman–Crippen LogP) is 4.30. The number of fused-ring (bicyclic) bond motifs is 1. The van der Waals surface area contributed by atoms with Gasteiger partial charge in [0.2, 0.25) is 12.7 Å². The van der Waals surface area contributed by atoms with Crippen LogP contribution in [-0.4, -0.2) is 81.3 Å². The number of amides is 1. The average Bonchev–Trinajstić information content (AvgIpc) is 3.60. The lowest BCUT2D eigenvalue weighted by molar-refractivity contribution is -0.132. The molecule has 2 heterocycles.